The molecule has 0 saturated carbocycles. The van der Waals surface area contributed by atoms with Gasteiger partial charge in [-0.1, -0.05) is 60.7 Å². The number of carbonyl (C=O) groups is 3. The van der Waals surface area contributed by atoms with Crippen LogP contribution in [0.5, 0.6) is 0 Å². The number of benzene rings is 3. The zero-order valence-electron chi connectivity index (χ0n) is 22.0. The van der Waals surface area contributed by atoms with E-state index in [0.717, 1.165) is 16.7 Å². The number of aryl methyl sites for hydroxylation is 1. The van der Waals surface area contributed by atoms with Crippen LogP contribution in [0.15, 0.2) is 78.9 Å². The average molecular weight is 526 g/mol. The van der Waals surface area contributed by atoms with Crippen molar-refractivity contribution in [1.82, 2.24) is 4.90 Å². The van der Waals surface area contributed by atoms with Crippen molar-refractivity contribution >= 4 is 17.7 Å². The highest BCUT2D eigenvalue weighted by molar-refractivity contribution is 6.11. The topological polar surface area (TPSA) is 123 Å². The Bertz CT molecular complexity index is 1380. The van der Waals surface area contributed by atoms with Crippen molar-refractivity contribution < 1.29 is 24.2 Å². The van der Waals surface area contributed by atoms with Gasteiger partial charge in [0.2, 0.25) is 5.91 Å². The van der Waals surface area contributed by atoms with Gasteiger partial charge in [0.05, 0.1) is 18.7 Å². The number of rotatable bonds is 10. The van der Waals surface area contributed by atoms with Crippen LogP contribution in [-0.4, -0.2) is 48.8 Å². The molecular formula is C31H31N3O5. The summed E-state index contributed by atoms with van der Waals surface area (Å²) >= 11 is 0. The molecule has 1 heterocycles. The van der Waals surface area contributed by atoms with Crippen LogP contribution in [0.2, 0.25) is 0 Å². The molecular weight excluding hydrogens is 494 g/mol. The van der Waals surface area contributed by atoms with Gasteiger partial charge in [-0.15, -0.1) is 0 Å². The number of Topliss-reactive ketones (excluding diaryl/α,β-unsaturated/α-hetero) is 1. The van der Waals surface area contributed by atoms with Crippen LogP contribution in [0, 0.1) is 22.7 Å². The summed E-state index contributed by atoms with van der Waals surface area (Å²) in [6.07, 6.45) is 1.30. The molecule has 3 aromatic rings. The smallest absolute Gasteiger partial charge is 0.331 e. The Morgan fingerprint density at radius 2 is 1.74 bits per heavy atom. The van der Waals surface area contributed by atoms with Crippen molar-refractivity contribution in [2.24, 2.45) is 17.1 Å². The Morgan fingerprint density at radius 1 is 1.03 bits per heavy atom. The fourth-order valence-corrected chi connectivity index (χ4v) is 5.30. The molecule has 0 bridgehead atoms. The molecule has 3 atom stereocenters. The van der Waals surface area contributed by atoms with E-state index in [2.05, 4.69) is 11.0 Å². The normalized spacial score (nSPS) is 20.5. The number of nitriles is 1. The van der Waals surface area contributed by atoms with E-state index in [1.165, 1.54) is 18.9 Å². The second kappa shape index (κ2) is 12.0. The third-order valence-corrected chi connectivity index (χ3v) is 7.47. The molecule has 4 rings (SSSR count). The van der Waals surface area contributed by atoms with Gasteiger partial charge in [-0.25, -0.2) is 4.79 Å². The highest BCUT2D eigenvalue weighted by atomic mass is 17.2. The Hall–Kier alpha value is -4.32. The average Bonchev–Trinajstić information content (AvgIpc) is 3.20. The standard InChI is InChI=1S/C31H31N3O5/c1-31(30(37)39-38-2)26(20-33)27(34(29(31)36)17-7-10-21-8-4-3-5-9-21)28(35)25-12-6-11-24(18-25)23-15-13-22(19-32)14-16-23/h3-6,8-9,11-16,18,26-27H,7,10,17,20,33H2,1-2H3/t26?,27-,31-/m0/s1. The molecule has 200 valence electrons. The van der Waals surface area contributed by atoms with Crippen molar-refractivity contribution in [3.63, 3.8) is 0 Å². The lowest BCUT2D eigenvalue weighted by molar-refractivity contribution is -0.264. The van der Waals surface area contributed by atoms with Gasteiger partial charge in [-0.2, -0.15) is 10.1 Å². The van der Waals surface area contributed by atoms with Crippen molar-refractivity contribution in [1.29, 1.82) is 5.26 Å². The monoisotopic (exact) mass is 525 g/mol. The first-order valence-electron chi connectivity index (χ1n) is 12.8. The number of nitrogens with zero attached hydrogens (tertiary/aromatic N) is 2. The Kier molecular flexibility index (Phi) is 8.55. The molecule has 1 unspecified atom stereocenters. The predicted octanol–water partition coefficient (Wildman–Crippen LogP) is 3.94. The molecule has 1 aliphatic heterocycles. The van der Waals surface area contributed by atoms with E-state index < -0.39 is 29.3 Å². The number of amides is 1. The maximum absolute atomic E-state index is 14.1. The molecule has 39 heavy (non-hydrogen) atoms. The maximum atomic E-state index is 14.1. The summed E-state index contributed by atoms with van der Waals surface area (Å²) in [5.74, 6) is -2.51. The Balaban J connectivity index is 1.68. The second-order valence-electron chi connectivity index (χ2n) is 9.75. The van der Waals surface area contributed by atoms with Gasteiger partial charge in [0.1, 0.15) is 6.04 Å². The first kappa shape index (κ1) is 27.7. The van der Waals surface area contributed by atoms with E-state index in [1.54, 1.807) is 30.3 Å². The van der Waals surface area contributed by atoms with Crippen LogP contribution >= 0.6 is 0 Å². The summed E-state index contributed by atoms with van der Waals surface area (Å²) < 4.78 is 0. The molecule has 8 heteroatoms. The SMILES string of the molecule is COOC(=O)[C@]1(C)C(=O)N(CCCc2ccccc2)[C@H](C(=O)c2cccc(-c3ccc(C#N)cc3)c2)C1CN. The minimum Gasteiger partial charge on any atom is -0.331 e. The van der Waals surface area contributed by atoms with E-state index in [-0.39, 0.29) is 18.9 Å². The number of carbonyl (C=O) groups excluding carboxylic acids is 3. The molecule has 0 radical (unpaired) electrons. The molecule has 1 aliphatic rings. The van der Waals surface area contributed by atoms with E-state index in [9.17, 15) is 14.4 Å². The number of likely N-dealkylation sites (tertiary alicyclic amines) is 1. The maximum Gasteiger partial charge on any atom is 0.357 e. The van der Waals surface area contributed by atoms with Crippen LogP contribution in [0.1, 0.15) is 34.8 Å². The number of hydrogen-bond acceptors (Lipinski definition) is 7. The molecule has 1 saturated heterocycles. The molecule has 8 nitrogen and oxygen atoms in total. The van der Waals surface area contributed by atoms with Crippen LogP contribution in [0.4, 0.5) is 0 Å². The quantitative estimate of drug-likeness (QED) is 0.184. The number of hydrogen-bond donors (Lipinski definition) is 1. The number of ketones is 1. The minimum atomic E-state index is -1.68. The molecule has 0 aromatic heterocycles. The third kappa shape index (κ3) is 5.46. The van der Waals surface area contributed by atoms with E-state index >= 15 is 0 Å². The molecule has 1 fully saturated rings. The largest absolute Gasteiger partial charge is 0.357 e. The first-order chi connectivity index (χ1) is 18.8. The lowest BCUT2D eigenvalue weighted by Crippen LogP contribution is -2.45. The van der Waals surface area contributed by atoms with E-state index in [1.807, 2.05) is 48.5 Å². The lowest BCUT2D eigenvalue weighted by Gasteiger charge is -2.28. The minimum absolute atomic E-state index is 0.0814. The highest BCUT2D eigenvalue weighted by Gasteiger charge is 2.63. The number of nitrogens with two attached hydrogens (primary N) is 1. The van der Waals surface area contributed by atoms with Crippen molar-refractivity contribution in [2.75, 3.05) is 20.2 Å². The van der Waals surface area contributed by atoms with E-state index in [4.69, 9.17) is 15.9 Å². The van der Waals surface area contributed by atoms with Gasteiger partial charge in [0.25, 0.3) is 0 Å². The van der Waals surface area contributed by atoms with Gasteiger partial charge in [-0.3, -0.25) is 14.5 Å². The Labute approximate surface area is 227 Å². The molecule has 2 N–H and O–H groups in total. The van der Waals surface area contributed by atoms with Crippen molar-refractivity contribution in [3.05, 3.63) is 95.6 Å². The van der Waals surface area contributed by atoms with Gasteiger partial charge in [-0.05, 0) is 61.2 Å². The first-order valence-corrected chi connectivity index (χ1v) is 12.8. The molecule has 1 amide bonds. The summed E-state index contributed by atoms with van der Waals surface area (Å²) in [5, 5.41) is 9.10. The Morgan fingerprint density at radius 3 is 2.38 bits per heavy atom. The fraction of sp³-hybridized carbons (Fsp3) is 0.290. The van der Waals surface area contributed by atoms with E-state index in [0.29, 0.717) is 24.0 Å². The molecule has 0 spiro atoms. The summed E-state index contributed by atoms with van der Waals surface area (Å²) in [7, 11) is 1.19. The molecule has 0 aliphatic carbocycles. The van der Waals surface area contributed by atoms with Crippen LogP contribution in [-0.2, 0) is 25.8 Å². The fourth-order valence-electron chi connectivity index (χ4n) is 5.30. The van der Waals surface area contributed by atoms with Crippen molar-refractivity contribution in [2.45, 2.75) is 25.8 Å². The molecule has 3 aromatic carbocycles. The summed E-state index contributed by atoms with van der Waals surface area (Å²) in [5.41, 5.74) is 8.13. The van der Waals surface area contributed by atoms with Gasteiger partial charge in [0.15, 0.2) is 11.2 Å². The summed E-state index contributed by atoms with van der Waals surface area (Å²) in [6, 6.07) is 25.1. The van der Waals surface area contributed by atoms with Crippen LogP contribution in [0.25, 0.3) is 11.1 Å². The van der Waals surface area contributed by atoms with Crippen LogP contribution in [0.3, 0.4) is 0 Å². The van der Waals surface area contributed by atoms with Crippen molar-refractivity contribution in [3.8, 4) is 17.2 Å². The zero-order valence-corrected chi connectivity index (χ0v) is 22.0. The predicted molar refractivity (Wildman–Crippen MR) is 145 cm³/mol. The summed E-state index contributed by atoms with van der Waals surface area (Å²) in [6.45, 7) is 1.66. The second-order valence-corrected chi connectivity index (χ2v) is 9.75. The summed E-state index contributed by atoms with van der Waals surface area (Å²) in [4.78, 5) is 51.7. The van der Waals surface area contributed by atoms with Gasteiger partial charge < -0.3 is 10.6 Å². The highest BCUT2D eigenvalue weighted by Crippen LogP contribution is 2.43. The zero-order chi connectivity index (χ0) is 28.0. The van der Waals surface area contributed by atoms with Crippen LogP contribution < -0.4 is 5.73 Å². The van der Waals surface area contributed by atoms with Gasteiger partial charge in [0, 0.05) is 18.0 Å². The lowest BCUT2D eigenvalue weighted by atomic mass is 9.75. The third-order valence-electron chi connectivity index (χ3n) is 7.47. The van der Waals surface area contributed by atoms with Gasteiger partial charge >= 0.3 is 5.97 Å².